The summed E-state index contributed by atoms with van der Waals surface area (Å²) < 4.78 is 8.03. The molecule has 0 aliphatic rings. The number of carbonyl (C=O) groups excluding carboxylic acids is 2. The third kappa shape index (κ3) is 3.50. The van der Waals surface area contributed by atoms with E-state index in [2.05, 4.69) is 20.5 Å². The monoisotopic (exact) mass is 424 g/mol. The summed E-state index contributed by atoms with van der Waals surface area (Å²) in [7, 11) is 1.64. The van der Waals surface area contributed by atoms with Gasteiger partial charge in [-0.2, -0.15) is 10.2 Å². The highest BCUT2D eigenvalue weighted by Gasteiger charge is 2.18. The zero-order valence-corrected chi connectivity index (χ0v) is 16.9. The normalized spacial score (nSPS) is 10.9. The van der Waals surface area contributed by atoms with Crippen LogP contribution in [-0.4, -0.2) is 42.9 Å². The summed E-state index contributed by atoms with van der Waals surface area (Å²) in [6.45, 7) is 2.00. The van der Waals surface area contributed by atoms with Crippen LogP contribution in [0, 0.1) is 0 Å². The van der Waals surface area contributed by atoms with Gasteiger partial charge in [-0.1, -0.05) is 23.7 Å². The molecule has 152 valence electrons. The first kappa shape index (κ1) is 19.6. The van der Waals surface area contributed by atoms with Crippen LogP contribution in [0.2, 0.25) is 5.02 Å². The van der Waals surface area contributed by atoms with E-state index in [0.717, 1.165) is 5.56 Å². The van der Waals surface area contributed by atoms with Gasteiger partial charge in [-0.05, 0) is 25.1 Å². The maximum absolute atomic E-state index is 12.6. The molecule has 1 amide bonds. The molecular weight excluding hydrogens is 408 g/mol. The van der Waals surface area contributed by atoms with Gasteiger partial charge in [0.05, 0.1) is 29.7 Å². The van der Waals surface area contributed by atoms with Gasteiger partial charge in [0.1, 0.15) is 11.3 Å². The number of benzene rings is 1. The average molecular weight is 425 g/mol. The average Bonchev–Trinajstić information content (AvgIpc) is 3.31. The van der Waals surface area contributed by atoms with Crippen molar-refractivity contribution in [3.05, 3.63) is 65.2 Å². The number of rotatable bonds is 5. The lowest BCUT2D eigenvalue weighted by Gasteiger charge is -2.09. The summed E-state index contributed by atoms with van der Waals surface area (Å²) in [4.78, 5) is 29.0. The quantitative estimate of drug-likeness (QED) is 0.493. The molecule has 10 heteroatoms. The summed E-state index contributed by atoms with van der Waals surface area (Å²) in [5, 5.41) is 11.4. The molecule has 30 heavy (non-hydrogen) atoms. The van der Waals surface area contributed by atoms with Gasteiger partial charge in [-0.15, -0.1) is 0 Å². The number of fused-ring (bicyclic) bond motifs is 1. The number of esters is 1. The second kappa shape index (κ2) is 7.96. The van der Waals surface area contributed by atoms with Crippen molar-refractivity contribution in [1.29, 1.82) is 0 Å². The van der Waals surface area contributed by atoms with Crippen molar-refractivity contribution in [2.24, 2.45) is 7.05 Å². The van der Waals surface area contributed by atoms with Crippen LogP contribution >= 0.6 is 11.6 Å². The van der Waals surface area contributed by atoms with E-state index in [4.69, 9.17) is 16.3 Å². The molecule has 0 saturated heterocycles. The van der Waals surface area contributed by atoms with Gasteiger partial charge in [0.2, 0.25) is 0 Å². The number of ether oxygens (including phenoxy) is 1. The van der Waals surface area contributed by atoms with Crippen molar-refractivity contribution in [1.82, 2.24) is 24.4 Å². The van der Waals surface area contributed by atoms with Gasteiger partial charge in [0.25, 0.3) is 5.91 Å². The molecule has 3 aromatic heterocycles. The molecule has 3 heterocycles. The SMILES string of the molecule is CCOC(=O)c1cnn2c(-c3cccc(NC(=O)c4c(Cl)cnn4C)c3)ccnc12. The molecule has 0 spiro atoms. The van der Waals surface area contributed by atoms with Crippen LogP contribution < -0.4 is 5.32 Å². The van der Waals surface area contributed by atoms with Crippen molar-refractivity contribution >= 4 is 34.8 Å². The summed E-state index contributed by atoms with van der Waals surface area (Å²) >= 11 is 6.05. The summed E-state index contributed by atoms with van der Waals surface area (Å²) in [6.07, 6.45) is 4.44. The van der Waals surface area contributed by atoms with E-state index in [0.29, 0.717) is 17.0 Å². The number of anilines is 1. The molecule has 4 rings (SSSR count). The molecule has 1 N–H and O–H groups in total. The van der Waals surface area contributed by atoms with Crippen LogP contribution in [0.25, 0.3) is 16.9 Å². The Balaban J connectivity index is 1.68. The smallest absolute Gasteiger partial charge is 0.343 e. The molecule has 0 aliphatic carbocycles. The number of halogens is 1. The molecule has 0 radical (unpaired) electrons. The Morgan fingerprint density at radius 1 is 1.20 bits per heavy atom. The van der Waals surface area contributed by atoms with Crippen LogP contribution in [0.1, 0.15) is 27.8 Å². The Hall–Kier alpha value is -3.72. The van der Waals surface area contributed by atoms with E-state index < -0.39 is 5.97 Å². The molecule has 0 saturated carbocycles. The second-order valence-electron chi connectivity index (χ2n) is 6.34. The Bertz CT molecular complexity index is 1240. The largest absolute Gasteiger partial charge is 0.462 e. The van der Waals surface area contributed by atoms with Crippen LogP contribution in [0.3, 0.4) is 0 Å². The topological polar surface area (TPSA) is 103 Å². The molecule has 4 aromatic rings. The first-order valence-electron chi connectivity index (χ1n) is 9.08. The maximum atomic E-state index is 12.6. The molecule has 0 atom stereocenters. The number of nitrogens with one attached hydrogen (secondary N) is 1. The lowest BCUT2D eigenvalue weighted by molar-refractivity contribution is 0.0528. The van der Waals surface area contributed by atoms with Crippen LogP contribution in [0.5, 0.6) is 0 Å². The fraction of sp³-hybridized carbons (Fsp3) is 0.150. The lowest BCUT2D eigenvalue weighted by Crippen LogP contribution is -2.16. The standard InChI is InChI=1S/C20H17ClN6O3/c1-3-30-20(29)14-10-24-27-16(7-8-22-18(14)27)12-5-4-6-13(9-12)25-19(28)17-15(21)11-23-26(17)2/h4-11H,3H2,1-2H3,(H,25,28). The highest BCUT2D eigenvalue weighted by atomic mass is 35.5. The van der Waals surface area contributed by atoms with Crippen molar-refractivity contribution < 1.29 is 14.3 Å². The lowest BCUT2D eigenvalue weighted by atomic mass is 10.1. The third-order valence-corrected chi connectivity index (χ3v) is 4.70. The van der Waals surface area contributed by atoms with E-state index in [-0.39, 0.29) is 28.8 Å². The van der Waals surface area contributed by atoms with E-state index >= 15 is 0 Å². The van der Waals surface area contributed by atoms with Crippen LogP contribution in [0.4, 0.5) is 5.69 Å². The maximum Gasteiger partial charge on any atom is 0.343 e. The zero-order valence-electron chi connectivity index (χ0n) is 16.2. The first-order chi connectivity index (χ1) is 14.5. The molecule has 0 aliphatic heterocycles. The highest BCUT2D eigenvalue weighted by molar-refractivity contribution is 6.34. The van der Waals surface area contributed by atoms with Crippen molar-refractivity contribution in [3.63, 3.8) is 0 Å². The van der Waals surface area contributed by atoms with E-state index in [1.54, 1.807) is 48.9 Å². The fourth-order valence-electron chi connectivity index (χ4n) is 3.08. The van der Waals surface area contributed by atoms with Crippen LogP contribution in [-0.2, 0) is 11.8 Å². The van der Waals surface area contributed by atoms with Crippen molar-refractivity contribution in [2.45, 2.75) is 6.92 Å². The Morgan fingerprint density at radius 2 is 2.03 bits per heavy atom. The van der Waals surface area contributed by atoms with Crippen LogP contribution in [0.15, 0.2) is 48.9 Å². The summed E-state index contributed by atoms with van der Waals surface area (Å²) in [5.41, 5.74) is 2.98. The highest BCUT2D eigenvalue weighted by Crippen LogP contribution is 2.25. The Morgan fingerprint density at radius 3 is 2.77 bits per heavy atom. The minimum Gasteiger partial charge on any atom is -0.462 e. The zero-order chi connectivity index (χ0) is 21.3. The number of amides is 1. The van der Waals surface area contributed by atoms with Crippen molar-refractivity contribution in [2.75, 3.05) is 11.9 Å². The minimum atomic E-state index is -0.480. The van der Waals surface area contributed by atoms with Gasteiger partial charge in [-0.3, -0.25) is 9.48 Å². The second-order valence-corrected chi connectivity index (χ2v) is 6.75. The molecule has 9 nitrogen and oxygen atoms in total. The number of aryl methyl sites for hydroxylation is 1. The van der Waals surface area contributed by atoms with E-state index in [9.17, 15) is 9.59 Å². The Kier molecular flexibility index (Phi) is 5.20. The first-order valence-corrected chi connectivity index (χ1v) is 9.46. The summed E-state index contributed by atoms with van der Waals surface area (Å²) in [5.74, 6) is -0.855. The van der Waals surface area contributed by atoms with Crippen molar-refractivity contribution in [3.8, 4) is 11.3 Å². The Labute approximate surface area is 176 Å². The number of aromatic nitrogens is 5. The number of hydrogen-bond donors (Lipinski definition) is 1. The number of hydrogen-bond acceptors (Lipinski definition) is 6. The molecular formula is C20H17ClN6O3. The minimum absolute atomic E-state index is 0.262. The molecule has 0 unspecified atom stereocenters. The van der Waals surface area contributed by atoms with Gasteiger partial charge >= 0.3 is 5.97 Å². The van der Waals surface area contributed by atoms with Gasteiger partial charge in [-0.25, -0.2) is 14.3 Å². The van der Waals surface area contributed by atoms with E-state index in [1.165, 1.54) is 17.1 Å². The van der Waals surface area contributed by atoms with Gasteiger partial charge in [0, 0.05) is 24.5 Å². The number of nitrogens with zero attached hydrogens (tertiary/aromatic N) is 5. The predicted octanol–water partition coefficient (Wildman–Crippen LogP) is 3.21. The van der Waals surface area contributed by atoms with E-state index in [1.807, 2.05) is 6.07 Å². The number of carbonyl (C=O) groups is 2. The third-order valence-electron chi connectivity index (χ3n) is 4.42. The molecule has 0 fully saturated rings. The summed E-state index contributed by atoms with van der Waals surface area (Å²) in [6, 6.07) is 9.00. The molecule has 0 bridgehead atoms. The predicted molar refractivity (Wildman–Crippen MR) is 111 cm³/mol. The fourth-order valence-corrected chi connectivity index (χ4v) is 3.33. The molecule has 1 aromatic carbocycles. The van der Waals surface area contributed by atoms with Gasteiger partial charge in [0.15, 0.2) is 5.65 Å². The van der Waals surface area contributed by atoms with Gasteiger partial charge < -0.3 is 10.1 Å².